The zero-order valence-corrected chi connectivity index (χ0v) is 14.9. The van der Waals surface area contributed by atoms with E-state index in [1.165, 1.54) is 11.8 Å². The molecule has 0 unspecified atom stereocenters. The molecule has 2 aromatic heterocycles. The highest BCUT2D eigenvalue weighted by molar-refractivity contribution is 6.02. The summed E-state index contributed by atoms with van der Waals surface area (Å²) in [6.45, 7) is 1.91. The number of rotatable bonds is 5. The van der Waals surface area contributed by atoms with Crippen LogP contribution in [-0.4, -0.2) is 34.4 Å². The lowest BCUT2D eigenvalue weighted by Crippen LogP contribution is -2.35. The number of amides is 1. The van der Waals surface area contributed by atoms with Crippen LogP contribution in [0.3, 0.4) is 0 Å². The second-order valence-corrected chi connectivity index (χ2v) is 6.74. The minimum atomic E-state index is -0.357. The maximum Gasteiger partial charge on any atom is 0.277 e. The Bertz CT molecular complexity index is 857. The van der Waals surface area contributed by atoms with Crippen molar-refractivity contribution in [3.8, 4) is 0 Å². The quantitative estimate of drug-likeness (QED) is 0.749. The van der Waals surface area contributed by atoms with E-state index < -0.39 is 0 Å². The third-order valence-corrected chi connectivity index (χ3v) is 4.87. The molecule has 0 bridgehead atoms. The SMILES string of the molecule is O=C(Nc1ccon1)c1ccc(N2CCC(Cc3ccccc3)CC2)nn1. The maximum absolute atomic E-state index is 12.1. The van der Waals surface area contributed by atoms with Gasteiger partial charge in [0, 0.05) is 19.2 Å². The van der Waals surface area contributed by atoms with Gasteiger partial charge in [-0.2, -0.15) is 0 Å². The molecule has 7 heteroatoms. The molecular weight excluding hydrogens is 342 g/mol. The van der Waals surface area contributed by atoms with Gasteiger partial charge < -0.3 is 14.7 Å². The highest BCUT2D eigenvalue weighted by atomic mass is 16.5. The Morgan fingerprint density at radius 3 is 2.56 bits per heavy atom. The molecule has 1 fully saturated rings. The van der Waals surface area contributed by atoms with Crippen molar-refractivity contribution < 1.29 is 9.32 Å². The summed E-state index contributed by atoms with van der Waals surface area (Å²) in [6.07, 6.45) is 4.78. The number of hydrogen-bond donors (Lipinski definition) is 1. The van der Waals surface area contributed by atoms with Gasteiger partial charge in [0.1, 0.15) is 6.26 Å². The molecule has 1 aromatic carbocycles. The summed E-state index contributed by atoms with van der Waals surface area (Å²) in [5.41, 5.74) is 1.65. The molecule has 7 nitrogen and oxygen atoms in total. The molecule has 3 aromatic rings. The van der Waals surface area contributed by atoms with Crippen molar-refractivity contribution in [1.82, 2.24) is 15.4 Å². The highest BCUT2D eigenvalue weighted by Gasteiger charge is 2.21. The zero-order valence-electron chi connectivity index (χ0n) is 14.9. The predicted octanol–water partition coefficient (Wildman–Crippen LogP) is 3.18. The molecule has 0 saturated carbocycles. The van der Waals surface area contributed by atoms with Gasteiger partial charge in [-0.1, -0.05) is 35.5 Å². The molecule has 0 aliphatic carbocycles. The van der Waals surface area contributed by atoms with E-state index in [2.05, 4.69) is 60.4 Å². The van der Waals surface area contributed by atoms with Crippen molar-refractivity contribution in [3.63, 3.8) is 0 Å². The Morgan fingerprint density at radius 2 is 1.89 bits per heavy atom. The second kappa shape index (κ2) is 7.99. The number of carbonyl (C=O) groups is 1. The number of carbonyl (C=O) groups excluding carboxylic acids is 1. The van der Waals surface area contributed by atoms with Gasteiger partial charge in [-0.05, 0) is 42.9 Å². The van der Waals surface area contributed by atoms with Gasteiger partial charge >= 0.3 is 0 Å². The fraction of sp³-hybridized carbons (Fsp3) is 0.300. The van der Waals surface area contributed by atoms with Crippen LogP contribution < -0.4 is 10.2 Å². The first kappa shape index (κ1) is 17.2. The van der Waals surface area contributed by atoms with Crippen molar-refractivity contribution in [2.45, 2.75) is 19.3 Å². The van der Waals surface area contributed by atoms with Gasteiger partial charge in [0.15, 0.2) is 17.3 Å². The lowest BCUT2D eigenvalue weighted by Gasteiger charge is -2.32. The Kier molecular flexibility index (Phi) is 5.09. The largest absolute Gasteiger partial charge is 0.363 e. The zero-order chi connectivity index (χ0) is 18.5. The van der Waals surface area contributed by atoms with Gasteiger partial charge in [-0.25, -0.2) is 0 Å². The number of nitrogens with one attached hydrogen (secondary N) is 1. The van der Waals surface area contributed by atoms with Crippen LogP contribution in [0.15, 0.2) is 59.3 Å². The van der Waals surface area contributed by atoms with Crippen LogP contribution in [0.1, 0.15) is 28.9 Å². The summed E-state index contributed by atoms with van der Waals surface area (Å²) in [5, 5.41) is 14.5. The van der Waals surface area contributed by atoms with Crippen molar-refractivity contribution in [1.29, 1.82) is 0 Å². The van der Waals surface area contributed by atoms with Crippen LogP contribution in [0.2, 0.25) is 0 Å². The van der Waals surface area contributed by atoms with Crippen molar-refractivity contribution in [2.24, 2.45) is 5.92 Å². The molecule has 3 heterocycles. The van der Waals surface area contributed by atoms with E-state index in [0.29, 0.717) is 11.7 Å². The lowest BCUT2D eigenvalue weighted by molar-refractivity contribution is 0.102. The van der Waals surface area contributed by atoms with Crippen molar-refractivity contribution in [2.75, 3.05) is 23.3 Å². The van der Waals surface area contributed by atoms with E-state index in [4.69, 9.17) is 0 Å². The molecule has 1 aliphatic rings. The number of anilines is 2. The van der Waals surface area contributed by atoms with Crippen molar-refractivity contribution in [3.05, 3.63) is 66.1 Å². The van der Waals surface area contributed by atoms with Crippen molar-refractivity contribution >= 4 is 17.5 Å². The van der Waals surface area contributed by atoms with Gasteiger partial charge in [-0.3, -0.25) is 4.79 Å². The molecule has 27 heavy (non-hydrogen) atoms. The van der Waals surface area contributed by atoms with Crippen LogP contribution in [0.5, 0.6) is 0 Å². The van der Waals surface area contributed by atoms with E-state index in [1.807, 2.05) is 6.07 Å². The van der Waals surface area contributed by atoms with E-state index in [9.17, 15) is 4.79 Å². The van der Waals surface area contributed by atoms with E-state index in [-0.39, 0.29) is 11.6 Å². The standard InChI is InChI=1S/C20H21N5O2/c26-20(21-18-10-13-27-24-18)17-6-7-19(23-22-17)25-11-8-16(9-12-25)14-15-4-2-1-3-5-15/h1-7,10,13,16H,8-9,11-12,14H2,(H,21,24,26). The molecule has 138 valence electrons. The Morgan fingerprint density at radius 1 is 1.07 bits per heavy atom. The Labute approximate surface area is 157 Å². The average molecular weight is 363 g/mol. The molecule has 0 spiro atoms. The summed E-state index contributed by atoms with van der Waals surface area (Å²) in [4.78, 5) is 14.3. The first-order valence-electron chi connectivity index (χ1n) is 9.12. The summed E-state index contributed by atoms with van der Waals surface area (Å²) in [7, 11) is 0. The molecule has 1 saturated heterocycles. The number of nitrogens with zero attached hydrogens (tertiary/aromatic N) is 4. The summed E-state index contributed by atoms with van der Waals surface area (Å²) in [6, 6.07) is 15.7. The molecule has 0 atom stereocenters. The Balaban J connectivity index is 1.31. The first-order chi connectivity index (χ1) is 13.3. The Hall–Kier alpha value is -3.22. The monoisotopic (exact) mass is 363 g/mol. The molecule has 0 radical (unpaired) electrons. The molecule has 1 N–H and O–H groups in total. The van der Waals surface area contributed by atoms with E-state index >= 15 is 0 Å². The third kappa shape index (κ3) is 4.31. The highest BCUT2D eigenvalue weighted by Crippen LogP contribution is 2.24. The smallest absolute Gasteiger partial charge is 0.277 e. The molecule has 4 rings (SSSR count). The molecule has 1 amide bonds. The van der Waals surface area contributed by atoms with E-state index in [0.717, 1.165) is 38.2 Å². The van der Waals surface area contributed by atoms with Crippen LogP contribution in [0.4, 0.5) is 11.6 Å². The first-order valence-corrected chi connectivity index (χ1v) is 9.12. The fourth-order valence-electron chi connectivity index (χ4n) is 3.39. The van der Waals surface area contributed by atoms with E-state index in [1.54, 1.807) is 12.1 Å². The number of hydrogen-bond acceptors (Lipinski definition) is 6. The normalized spacial score (nSPS) is 14.9. The summed E-state index contributed by atoms with van der Waals surface area (Å²) in [5.74, 6) is 1.51. The minimum absolute atomic E-state index is 0.251. The number of piperidine rings is 1. The molecule has 1 aliphatic heterocycles. The average Bonchev–Trinajstić information content (AvgIpc) is 3.22. The third-order valence-electron chi connectivity index (χ3n) is 4.87. The second-order valence-electron chi connectivity index (χ2n) is 6.74. The molecular formula is C20H21N5O2. The van der Waals surface area contributed by atoms with Crippen LogP contribution in [-0.2, 0) is 6.42 Å². The van der Waals surface area contributed by atoms with Gasteiger partial charge in [0.05, 0.1) is 0 Å². The fourth-order valence-corrected chi connectivity index (χ4v) is 3.39. The topological polar surface area (TPSA) is 84.2 Å². The lowest BCUT2D eigenvalue weighted by atomic mass is 9.90. The number of benzene rings is 1. The number of aromatic nitrogens is 3. The van der Waals surface area contributed by atoms with Crippen LogP contribution in [0, 0.1) is 5.92 Å². The maximum atomic E-state index is 12.1. The van der Waals surface area contributed by atoms with Crippen LogP contribution in [0.25, 0.3) is 0 Å². The predicted molar refractivity (Wildman–Crippen MR) is 102 cm³/mol. The van der Waals surface area contributed by atoms with Crippen LogP contribution >= 0.6 is 0 Å². The minimum Gasteiger partial charge on any atom is -0.363 e. The van der Waals surface area contributed by atoms with Gasteiger partial charge in [0.2, 0.25) is 0 Å². The van der Waals surface area contributed by atoms with Gasteiger partial charge in [0.25, 0.3) is 5.91 Å². The summed E-state index contributed by atoms with van der Waals surface area (Å²) < 4.78 is 4.69. The summed E-state index contributed by atoms with van der Waals surface area (Å²) >= 11 is 0. The van der Waals surface area contributed by atoms with Gasteiger partial charge in [-0.15, -0.1) is 10.2 Å².